The summed E-state index contributed by atoms with van der Waals surface area (Å²) in [4.78, 5) is 8.96. The molecule has 0 N–H and O–H groups in total. The van der Waals surface area contributed by atoms with E-state index in [-0.39, 0.29) is 0 Å². The Morgan fingerprint density at radius 3 is 2.64 bits per heavy atom. The topological polar surface area (TPSA) is 31.2 Å². The van der Waals surface area contributed by atoms with Crippen LogP contribution in [0.1, 0.15) is 31.2 Å². The first-order valence-electron chi connectivity index (χ1n) is 7.55. The Morgan fingerprint density at radius 1 is 1.09 bits per heavy atom. The monoisotopic (exact) mass is 334 g/mol. The molecule has 4 rings (SSSR count). The quantitative estimate of drug-likeness (QED) is 0.814. The largest absolute Gasteiger partial charge is 0.246 e. The van der Waals surface area contributed by atoms with Gasteiger partial charge in [-0.3, -0.25) is 0 Å². The van der Waals surface area contributed by atoms with Crippen molar-refractivity contribution in [2.45, 2.75) is 31.7 Å². The summed E-state index contributed by atoms with van der Waals surface area (Å²) in [6.07, 6.45) is 7.02. The number of guanidine groups is 1. The Labute approximate surface area is 139 Å². The van der Waals surface area contributed by atoms with Gasteiger partial charge >= 0.3 is 0 Å². The van der Waals surface area contributed by atoms with Crippen LogP contribution >= 0.6 is 23.2 Å². The minimum Gasteiger partial charge on any atom is -0.246 e. The molecule has 0 amide bonds. The third-order valence-electron chi connectivity index (χ3n) is 4.42. The van der Waals surface area contributed by atoms with Crippen LogP contribution in [0.25, 0.3) is 5.57 Å². The molecule has 1 fully saturated rings. The minimum atomic E-state index is 0.441. The number of halogens is 2. The molecule has 3 aliphatic rings. The highest BCUT2D eigenvalue weighted by Crippen LogP contribution is 2.33. The van der Waals surface area contributed by atoms with Crippen molar-refractivity contribution in [3.05, 3.63) is 41.1 Å². The summed E-state index contributed by atoms with van der Waals surface area (Å²) >= 11 is 12.7. The van der Waals surface area contributed by atoms with Gasteiger partial charge < -0.3 is 0 Å². The van der Waals surface area contributed by atoms with Crippen molar-refractivity contribution in [1.82, 2.24) is 10.0 Å². The van der Waals surface area contributed by atoms with Crippen LogP contribution < -0.4 is 0 Å². The molecule has 0 bridgehead atoms. The van der Waals surface area contributed by atoms with Gasteiger partial charge in [-0.1, -0.05) is 54.2 Å². The maximum absolute atomic E-state index is 6.36. The second kappa shape index (κ2) is 5.69. The normalized spacial score (nSPS) is 22.5. The number of hydrazine groups is 1. The second-order valence-corrected chi connectivity index (χ2v) is 6.51. The van der Waals surface area contributed by atoms with Crippen molar-refractivity contribution >= 4 is 39.9 Å². The number of fused-ring (bicyclic) bond motifs is 1. The zero-order chi connectivity index (χ0) is 15.1. The van der Waals surface area contributed by atoms with Crippen LogP contribution in [0.5, 0.6) is 0 Å². The van der Waals surface area contributed by atoms with E-state index in [9.17, 15) is 0 Å². The summed E-state index contributed by atoms with van der Waals surface area (Å²) in [6, 6.07) is 8.23. The summed E-state index contributed by atoms with van der Waals surface area (Å²) in [5.74, 6) is 0.674. The average molecular weight is 335 g/mol. The van der Waals surface area contributed by atoms with Gasteiger partial charge in [-0.25, -0.2) is 10.0 Å². The standard InChI is InChI=1S/C16H16Cl2N4/c17-14-8-4-3-7-12(14)13-9-21-16(20-15(13)18)19-10-22(21)11-5-1-2-6-11/h3-4,7-9,11H,1-2,5-6,10H2. The van der Waals surface area contributed by atoms with E-state index in [0.717, 1.165) is 11.1 Å². The number of hydrogen-bond acceptors (Lipinski definition) is 4. The maximum atomic E-state index is 6.36. The number of aliphatic imine (C=N–C) groups is 2. The zero-order valence-electron chi connectivity index (χ0n) is 12.0. The predicted molar refractivity (Wildman–Crippen MR) is 91.0 cm³/mol. The lowest BCUT2D eigenvalue weighted by molar-refractivity contribution is 0.0626. The molecular formula is C16H16Cl2N4. The Hall–Kier alpha value is -1.36. The van der Waals surface area contributed by atoms with Gasteiger partial charge in [0.2, 0.25) is 5.96 Å². The predicted octanol–water partition coefficient (Wildman–Crippen LogP) is 4.12. The fourth-order valence-electron chi connectivity index (χ4n) is 3.29. The van der Waals surface area contributed by atoms with Crippen molar-refractivity contribution < 1.29 is 0 Å². The van der Waals surface area contributed by atoms with Crippen LogP contribution in [-0.4, -0.2) is 33.9 Å². The van der Waals surface area contributed by atoms with Gasteiger partial charge in [-0.05, 0) is 18.9 Å². The molecule has 1 aromatic carbocycles. The van der Waals surface area contributed by atoms with Crippen LogP contribution in [0.3, 0.4) is 0 Å². The number of rotatable bonds is 2. The number of hydrogen-bond donors (Lipinski definition) is 0. The molecule has 1 aromatic rings. The van der Waals surface area contributed by atoms with Crippen LogP contribution in [0.15, 0.2) is 40.5 Å². The third kappa shape index (κ3) is 2.35. The van der Waals surface area contributed by atoms with Gasteiger partial charge in [0.05, 0.1) is 0 Å². The smallest absolute Gasteiger partial charge is 0.242 e. The van der Waals surface area contributed by atoms with Crippen molar-refractivity contribution in [2.24, 2.45) is 9.98 Å². The molecular weight excluding hydrogens is 319 g/mol. The fraction of sp³-hybridized carbons (Fsp3) is 0.375. The number of nitrogens with zero attached hydrogens (tertiary/aromatic N) is 4. The van der Waals surface area contributed by atoms with Crippen LogP contribution in [0.2, 0.25) is 5.02 Å². The molecule has 0 unspecified atom stereocenters. The van der Waals surface area contributed by atoms with Crippen molar-refractivity contribution in [3.63, 3.8) is 0 Å². The molecule has 0 aromatic heterocycles. The van der Waals surface area contributed by atoms with Crippen LogP contribution in [0.4, 0.5) is 0 Å². The summed E-state index contributed by atoms with van der Waals surface area (Å²) in [5.41, 5.74) is 1.74. The third-order valence-corrected chi connectivity index (χ3v) is 5.04. The molecule has 1 aliphatic carbocycles. The van der Waals surface area contributed by atoms with Gasteiger partial charge in [0.1, 0.15) is 11.8 Å². The Kier molecular flexibility index (Phi) is 3.68. The SMILES string of the molecule is ClC1=NC2=NCN(C3CCCC3)N2C=C1c1ccccc1Cl. The maximum Gasteiger partial charge on any atom is 0.242 e. The first kappa shape index (κ1) is 14.2. The lowest BCUT2D eigenvalue weighted by Gasteiger charge is -2.33. The molecule has 0 radical (unpaired) electrons. The number of benzene rings is 1. The van der Waals surface area contributed by atoms with E-state index >= 15 is 0 Å². The molecule has 0 atom stereocenters. The molecule has 6 heteroatoms. The van der Waals surface area contributed by atoms with Gasteiger partial charge in [0, 0.05) is 28.4 Å². The van der Waals surface area contributed by atoms with E-state index in [1.165, 1.54) is 25.7 Å². The highest BCUT2D eigenvalue weighted by Gasteiger charge is 2.35. The highest BCUT2D eigenvalue weighted by atomic mass is 35.5. The molecule has 2 aliphatic heterocycles. The average Bonchev–Trinajstić information content (AvgIpc) is 3.15. The molecule has 0 spiro atoms. The summed E-state index contributed by atoms with van der Waals surface area (Å²) in [6.45, 7) is 0.653. The van der Waals surface area contributed by atoms with E-state index < -0.39 is 0 Å². The van der Waals surface area contributed by atoms with Crippen molar-refractivity contribution in [3.8, 4) is 0 Å². The highest BCUT2D eigenvalue weighted by molar-refractivity contribution is 6.77. The van der Waals surface area contributed by atoms with E-state index in [0.29, 0.717) is 28.9 Å². The molecule has 2 heterocycles. The van der Waals surface area contributed by atoms with E-state index in [1.54, 1.807) is 0 Å². The molecule has 4 nitrogen and oxygen atoms in total. The van der Waals surface area contributed by atoms with Gasteiger partial charge in [-0.2, -0.15) is 10.0 Å². The molecule has 0 saturated heterocycles. The van der Waals surface area contributed by atoms with E-state index in [1.807, 2.05) is 35.5 Å². The lowest BCUT2D eigenvalue weighted by atomic mass is 10.1. The Bertz CT molecular complexity index is 689. The van der Waals surface area contributed by atoms with Gasteiger partial charge in [-0.15, -0.1) is 0 Å². The van der Waals surface area contributed by atoms with Crippen LogP contribution in [0, 0.1) is 0 Å². The minimum absolute atomic E-state index is 0.441. The fourth-order valence-corrected chi connectivity index (χ4v) is 3.75. The van der Waals surface area contributed by atoms with Gasteiger partial charge in [0.15, 0.2) is 0 Å². The number of allylic oxidation sites excluding steroid dienone is 1. The van der Waals surface area contributed by atoms with Crippen molar-refractivity contribution in [1.29, 1.82) is 0 Å². The summed E-state index contributed by atoms with van der Waals surface area (Å²) in [7, 11) is 0. The Morgan fingerprint density at radius 2 is 1.86 bits per heavy atom. The first-order valence-corrected chi connectivity index (χ1v) is 8.31. The Balaban J connectivity index is 1.70. The van der Waals surface area contributed by atoms with E-state index in [2.05, 4.69) is 15.0 Å². The van der Waals surface area contributed by atoms with Gasteiger partial charge in [0.25, 0.3) is 0 Å². The first-order chi connectivity index (χ1) is 10.7. The van der Waals surface area contributed by atoms with Crippen LogP contribution in [-0.2, 0) is 0 Å². The molecule has 22 heavy (non-hydrogen) atoms. The van der Waals surface area contributed by atoms with Crippen molar-refractivity contribution in [2.75, 3.05) is 6.67 Å². The lowest BCUT2D eigenvalue weighted by Crippen LogP contribution is -2.44. The van der Waals surface area contributed by atoms with E-state index in [4.69, 9.17) is 23.2 Å². The summed E-state index contributed by atoms with van der Waals surface area (Å²) < 4.78 is 0. The molecule has 1 saturated carbocycles. The molecule has 114 valence electrons. The summed E-state index contributed by atoms with van der Waals surface area (Å²) in [5, 5.41) is 5.44. The zero-order valence-corrected chi connectivity index (χ0v) is 13.6. The second-order valence-electron chi connectivity index (χ2n) is 5.75.